The normalized spacial score (nSPS) is 10.8. The smallest absolute Gasteiger partial charge is 0.256 e. The van der Waals surface area contributed by atoms with Crippen LogP contribution < -0.4 is 5.56 Å². The van der Waals surface area contributed by atoms with Gasteiger partial charge in [0.2, 0.25) is 0 Å². The van der Waals surface area contributed by atoms with Crippen molar-refractivity contribution in [3.63, 3.8) is 0 Å². The van der Waals surface area contributed by atoms with E-state index in [0.717, 1.165) is 11.3 Å². The number of hydrogen-bond donors (Lipinski definition) is 0. The third-order valence-electron chi connectivity index (χ3n) is 2.03. The van der Waals surface area contributed by atoms with E-state index in [1.807, 2.05) is 30.8 Å². The summed E-state index contributed by atoms with van der Waals surface area (Å²) in [6.07, 6.45) is 1.94. The van der Waals surface area contributed by atoms with Crippen molar-refractivity contribution in [2.24, 2.45) is 7.05 Å². The van der Waals surface area contributed by atoms with Crippen LogP contribution in [-0.2, 0) is 7.05 Å². The lowest BCUT2D eigenvalue weighted by Gasteiger charge is -1.94. The van der Waals surface area contributed by atoms with Gasteiger partial charge in [-0.15, -0.1) is 0 Å². The first-order chi connectivity index (χ1) is 5.70. The van der Waals surface area contributed by atoms with Gasteiger partial charge in [-0.2, -0.15) is 0 Å². The molecule has 0 unspecified atom stereocenters. The first-order valence-electron chi connectivity index (χ1n) is 3.84. The fraction of sp³-hybridized carbons (Fsp3) is 0.222. The molecule has 62 valence electrons. The molecule has 0 N–H and O–H groups in total. The van der Waals surface area contributed by atoms with E-state index in [0.29, 0.717) is 0 Å². The molecule has 0 aliphatic carbocycles. The Labute approximate surface area is 69.9 Å². The zero-order chi connectivity index (χ0) is 8.72. The summed E-state index contributed by atoms with van der Waals surface area (Å²) in [5.74, 6) is 0. The van der Waals surface area contributed by atoms with Crippen LogP contribution in [0.25, 0.3) is 5.65 Å². The summed E-state index contributed by atoms with van der Waals surface area (Å²) < 4.78 is 3.64. The van der Waals surface area contributed by atoms with Crippen LogP contribution in [0.1, 0.15) is 5.69 Å². The molecule has 3 nitrogen and oxygen atoms in total. The highest BCUT2D eigenvalue weighted by atomic mass is 16.1. The number of imidazole rings is 1. The minimum atomic E-state index is 0.0330. The Bertz CT molecular complexity index is 479. The van der Waals surface area contributed by atoms with Crippen LogP contribution in [0, 0.1) is 6.92 Å². The SMILES string of the molecule is Cc1cn(C)c2cccc(=O)n12. The van der Waals surface area contributed by atoms with E-state index in [1.165, 1.54) is 0 Å². The molecule has 2 heterocycles. The summed E-state index contributed by atoms with van der Waals surface area (Å²) in [4.78, 5) is 11.4. The Hall–Kier alpha value is -1.51. The van der Waals surface area contributed by atoms with Crippen molar-refractivity contribution in [1.29, 1.82) is 0 Å². The number of fused-ring (bicyclic) bond motifs is 1. The van der Waals surface area contributed by atoms with Gasteiger partial charge in [0.15, 0.2) is 0 Å². The van der Waals surface area contributed by atoms with Crippen molar-refractivity contribution in [3.8, 4) is 0 Å². The van der Waals surface area contributed by atoms with Gasteiger partial charge in [0.05, 0.1) is 0 Å². The predicted octanol–water partition coefficient (Wildman–Crippen LogP) is 0.946. The molecule has 0 fully saturated rings. The van der Waals surface area contributed by atoms with Crippen LogP contribution in [0.4, 0.5) is 0 Å². The van der Waals surface area contributed by atoms with Gasteiger partial charge < -0.3 is 4.57 Å². The van der Waals surface area contributed by atoms with E-state index in [1.54, 1.807) is 16.5 Å². The van der Waals surface area contributed by atoms with Crippen LogP contribution in [0.3, 0.4) is 0 Å². The Kier molecular flexibility index (Phi) is 1.33. The highest BCUT2D eigenvalue weighted by Gasteiger charge is 2.01. The molecule has 2 aromatic heterocycles. The van der Waals surface area contributed by atoms with E-state index in [2.05, 4.69) is 0 Å². The first-order valence-corrected chi connectivity index (χ1v) is 3.84. The Morgan fingerprint density at radius 3 is 2.75 bits per heavy atom. The molecule has 0 amide bonds. The number of rotatable bonds is 0. The fourth-order valence-corrected chi connectivity index (χ4v) is 1.51. The van der Waals surface area contributed by atoms with Crippen LogP contribution in [0.5, 0.6) is 0 Å². The first kappa shape index (κ1) is 7.16. The molecule has 0 aliphatic rings. The number of hydrogen-bond acceptors (Lipinski definition) is 1. The van der Waals surface area contributed by atoms with E-state index in [9.17, 15) is 4.79 Å². The molecule has 3 heteroatoms. The maximum absolute atomic E-state index is 11.4. The number of aromatic nitrogens is 2. The van der Waals surface area contributed by atoms with Crippen LogP contribution in [-0.4, -0.2) is 8.97 Å². The predicted molar refractivity (Wildman–Crippen MR) is 47.4 cm³/mol. The standard InChI is InChI=1S/C9H10N2O/c1-7-6-10(2)8-4-3-5-9(12)11(7)8/h3-6H,1-2H3. The van der Waals surface area contributed by atoms with Gasteiger partial charge in [0.25, 0.3) is 5.56 Å². The molecule has 2 aromatic rings. The molecule has 0 atom stereocenters. The van der Waals surface area contributed by atoms with Gasteiger partial charge in [-0.25, -0.2) is 0 Å². The van der Waals surface area contributed by atoms with Crippen molar-refractivity contribution >= 4 is 5.65 Å². The third-order valence-corrected chi connectivity index (χ3v) is 2.03. The maximum atomic E-state index is 11.4. The van der Waals surface area contributed by atoms with E-state index < -0.39 is 0 Å². The zero-order valence-corrected chi connectivity index (χ0v) is 7.11. The molecule has 0 aromatic carbocycles. The molecule has 0 saturated heterocycles. The monoisotopic (exact) mass is 162 g/mol. The Morgan fingerprint density at radius 2 is 2.08 bits per heavy atom. The largest absolute Gasteiger partial charge is 0.335 e. The molecule has 0 bridgehead atoms. The van der Waals surface area contributed by atoms with E-state index >= 15 is 0 Å². The molecule has 0 radical (unpaired) electrons. The number of pyridine rings is 1. The number of aryl methyl sites for hydroxylation is 2. The second-order valence-electron chi connectivity index (χ2n) is 2.94. The van der Waals surface area contributed by atoms with Crippen molar-refractivity contribution in [2.45, 2.75) is 6.92 Å². The van der Waals surface area contributed by atoms with Gasteiger partial charge in [-0.05, 0) is 13.0 Å². The van der Waals surface area contributed by atoms with E-state index in [4.69, 9.17) is 0 Å². The summed E-state index contributed by atoms with van der Waals surface area (Å²) in [5, 5.41) is 0. The topological polar surface area (TPSA) is 26.4 Å². The Balaban J connectivity index is 3.09. The minimum Gasteiger partial charge on any atom is -0.335 e. The summed E-state index contributed by atoms with van der Waals surface area (Å²) >= 11 is 0. The lowest BCUT2D eigenvalue weighted by Crippen LogP contribution is -2.11. The van der Waals surface area contributed by atoms with Crippen LogP contribution >= 0.6 is 0 Å². The zero-order valence-electron chi connectivity index (χ0n) is 7.11. The van der Waals surface area contributed by atoms with Crippen LogP contribution in [0.15, 0.2) is 29.2 Å². The lowest BCUT2D eigenvalue weighted by molar-refractivity contribution is 0.947. The quantitative estimate of drug-likeness (QED) is 0.566. The second kappa shape index (κ2) is 2.24. The molecular formula is C9H10N2O. The summed E-state index contributed by atoms with van der Waals surface area (Å²) in [6.45, 7) is 1.92. The highest BCUT2D eigenvalue weighted by Crippen LogP contribution is 2.04. The van der Waals surface area contributed by atoms with Crippen molar-refractivity contribution < 1.29 is 0 Å². The van der Waals surface area contributed by atoms with Gasteiger partial charge >= 0.3 is 0 Å². The maximum Gasteiger partial charge on any atom is 0.256 e. The molecule has 12 heavy (non-hydrogen) atoms. The van der Waals surface area contributed by atoms with Gasteiger partial charge in [-0.3, -0.25) is 9.20 Å². The van der Waals surface area contributed by atoms with Crippen molar-refractivity contribution in [2.75, 3.05) is 0 Å². The average molecular weight is 162 g/mol. The summed E-state index contributed by atoms with van der Waals surface area (Å²) in [6, 6.07) is 5.27. The van der Waals surface area contributed by atoms with Crippen molar-refractivity contribution in [1.82, 2.24) is 8.97 Å². The van der Waals surface area contributed by atoms with Gasteiger partial charge in [-0.1, -0.05) is 6.07 Å². The summed E-state index contributed by atoms with van der Waals surface area (Å²) in [5.41, 5.74) is 1.93. The van der Waals surface area contributed by atoms with Gasteiger partial charge in [0, 0.05) is 25.0 Å². The second-order valence-corrected chi connectivity index (χ2v) is 2.94. The van der Waals surface area contributed by atoms with Crippen LogP contribution in [0.2, 0.25) is 0 Å². The minimum absolute atomic E-state index is 0.0330. The molecule has 0 spiro atoms. The molecule has 0 aliphatic heterocycles. The Morgan fingerprint density at radius 1 is 1.33 bits per heavy atom. The molecular weight excluding hydrogens is 152 g/mol. The van der Waals surface area contributed by atoms with Gasteiger partial charge in [0.1, 0.15) is 5.65 Å². The lowest BCUT2D eigenvalue weighted by atomic mass is 10.4. The molecule has 2 rings (SSSR count). The average Bonchev–Trinajstić information content (AvgIpc) is 2.29. The highest BCUT2D eigenvalue weighted by molar-refractivity contribution is 5.41. The number of nitrogens with zero attached hydrogens (tertiary/aromatic N) is 2. The van der Waals surface area contributed by atoms with E-state index in [-0.39, 0.29) is 5.56 Å². The molecule has 0 saturated carbocycles. The fourth-order valence-electron chi connectivity index (χ4n) is 1.51. The third kappa shape index (κ3) is 0.794. The summed E-state index contributed by atoms with van der Waals surface area (Å²) in [7, 11) is 1.93. The van der Waals surface area contributed by atoms with Crippen molar-refractivity contribution in [3.05, 3.63) is 40.4 Å².